The maximum absolute atomic E-state index is 5.81. The third-order valence-electron chi connectivity index (χ3n) is 3.74. The molecule has 106 valence electrons. The van der Waals surface area contributed by atoms with Gasteiger partial charge in [0.25, 0.3) is 0 Å². The lowest BCUT2D eigenvalue weighted by atomic mass is 10.0. The molecule has 2 heteroatoms. The van der Waals surface area contributed by atoms with Crippen LogP contribution in [0.15, 0.2) is 48.5 Å². The molecule has 0 heterocycles. The van der Waals surface area contributed by atoms with Gasteiger partial charge in [0.2, 0.25) is 0 Å². The molecule has 2 aromatic rings. The number of likely N-dealkylation sites (N-methyl/N-ethyl adjacent to an activating group) is 1. The number of benzene rings is 2. The maximum Gasteiger partial charge on any atom is 0.0368 e. The number of aryl methyl sites for hydroxylation is 1. The largest absolute Gasteiger partial charge is 0.371 e. The first-order valence-electron chi connectivity index (χ1n) is 7.33. The van der Waals surface area contributed by atoms with Gasteiger partial charge in [-0.25, -0.2) is 0 Å². The van der Waals surface area contributed by atoms with Gasteiger partial charge in [-0.3, -0.25) is 0 Å². The summed E-state index contributed by atoms with van der Waals surface area (Å²) >= 11 is 0. The lowest BCUT2D eigenvalue weighted by molar-refractivity contribution is 0.801. The molecule has 2 rings (SSSR count). The summed E-state index contributed by atoms with van der Waals surface area (Å²) in [5.41, 5.74) is 11.0. The fourth-order valence-corrected chi connectivity index (χ4v) is 2.55. The quantitative estimate of drug-likeness (QED) is 0.868. The predicted octanol–water partition coefficient (Wildman–Crippen LogP) is 3.52. The van der Waals surface area contributed by atoms with E-state index in [4.69, 9.17) is 5.73 Å². The number of hydrogen-bond acceptors (Lipinski definition) is 2. The van der Waals surface area contributed by atoms with Crippen molar-refractivity contribution in [1.82, 2.24) is 0 Å². The van der Waals surface area contributed by atoms with E-state index in [9.17, 15) is 0 Å². The van der Waals surface area contributed by atoms with Crippen molar-refractivity contribution >= 4 is 5.69 Å². The highest BCUT2D eigenvalue weighted by molar-refractivity contribution is 5.48. The second-order valence-electron chi connectivity index (χ2n) is 5.14. The Morgan fingerprint density at radius 1 is 1.00 bits per heavy atom. The molecule has 0 unspecified atom stereocenters. The zero-order valence-electron chi connectivity index (χ0n) is 12.5. The van der Waals surface area contributed by atoms with Crippen molar-refractivity contribution in [2.24, 2.45) is 5.73 Å². The molecule has 0 saturated carbocycles. The first-order valence-corrected chi connectivity index (χ1v) is 7.33. The van der Waals surface area contributed by atoms with Gasteiger partial charge >= 0.3 is 0 Å². The van der Waals surface area contributed by atoms with Crippen LogP contribution in [-0.4, -0.2) is 13.1 Å². The van der Waals surface area contributed by atoms with Gasteiger partial charge in [-0.05, 0) is 49.1 Å². The fourth-order valence-electron chi connectivity index (χ4n) is 2.55. The molecule has 0 aliphatic heterocycles. The topological polar surface area (TPSA) is 29.3 Å². The van der Waals surface area contributed by atoms with Crippen LogP contribution in [0.2, 0.25) is 0 Å². The molecule has 0 fully saturated rings. The Kier molecular flexibility index (Phi) is 5.19. The third kappa shape index (κ3) is 3.61. The van der Waals surface area contributed by atoms with E-state index in [1.165, 1.54) is 22.4 Å². The van der Waals surface area contributed by atoms with Gasteiger partial charge in [0.1, 0.15) is 0 Å². The Morgan fingerprint density at radius 3 is 2.40 bits per heavy atom. The van der Waals surface area contributed by atoms with Crippen LogP contribution in [-0.2, 0) is 13.0 Å². The third-order valence-corrected chi connectivity index (χ3v) is 3.74. The second kappa shape index (κ2) is 7.11. The van der Waals surface area contributed by atoms with Gasteiger partial charge in [-0.1, -0.05) is 36.4 Å². The van der Waals surface area contributed by atoms with E-state index < -0.39 is 0 Å². The summed E-state index contributed by atoms with van der Waals surface area (Å²) in [5.74, 6) is 0. The van der Waals surface area contributed by atoms with Crippen molar-refractivity contribution in [2.75, 3.05) is 18.0 Å². The minimum Gasteiger partial charge on any atom is -0.371 e. The van der Waals surface area contributed by atoms with E-state index in [0.29, 0.717) is 6.54 Å². The highest BCUT2D eigenvalue weighted by Crippen LogP contribution is 2.17. The predicted molar refractivity (Wildman–Crippen MR) is 87.1 cm³/mol. The average Bonchev–Trinajstić information content (AvgIpc) is 2.48. The molecule has 0 aliphatic carbocycles. The van der Waals surface area contributed by atoms with Crippen LogP contribution in [0.25, 0.3) is 0 Å². The highest BCUT2D eigenvalue weighted by Gasteiger charge is 2.06. The highest BCUT2D eigenvalue weighted by atomic mass is 15.1. The summed E-state index contributed by atoms with van der Waals surface area (Å²) in [6.07, 6.45) is 1.04. The second-order valence-corrected chi connectivity index (χ2v) is 5.14. The van der Waals surface area contributed by atoms with E-state index >= 15 is 0 Å². The van der Waals surface area contributed by atoms with Crippen LogP contribution in [0.4, 0.5) is 5.69 Å². The van der Waals surface area contributed by atoms with Crippen molar-refractivity contribution in [1.29, 1.82) is 0 Å². The van der Waals surface area contributed by atoms with Gasteiger partial charge in [0.05, 0.1) is 0 Å². The first kappa shape index (κ1) is 14.6. The van der Waals surface area contributed by atoms with Crippen molar-refractivity contribution < 1.29 is 0 Å². The SMILES string of the molecule is CCN(CCc1ccccc1CN)c1cccc(C)c1. The molecular weight excluding hydrogens is 244 g/mol. The standard InChI is InChI=1S/C18H24N2/c1-3-20(18-10-6-7-15(2)13-18)12-11-16-8-4-5-9-17(16)14-19/h4-10,13H,3,11-12,14,19H2,1-2H3. The number of rotatable bonds is 6. The van der Waals surface area contributed by atoms with Gasteiger partial charge in [-0.2, -0.15) is 0 Å². The van der Waals surface area contributed by atoms with E-state index in [2.05, 4.69) is 67.3 Å². The van der Waals surface area contributed by atoms with Gasteiger partial charge < -0.3 is 10.6 Å². The summed E-state index contributed by atoms with van der Waals surface area (Å²) < 4.78 is 0. The fraction of sp³-hybridized carbons (Fsp3) is 0.333. The van der Waals surface area contributed by atoms with E-state index in [1.807, 2.05) is 0 Å². The Bertz CT molecular complexity index is 549. The molecule has 20 heavy (non-hydrogen) atoms. The zero-order chi connectivity index (χ0) is 14.4. The van der Waals surface area contributed by atoms with Crippen molar-refractivity contribution in [3.63, 3.8) is 0 Å². The molecule has 0 bridgehead atoms. The monoisotopic (exact) mass is 268 g/mol. The Hall–Kier alpha value is -1.80. The minimum absolute atomic E-state index is 0.618. The molecule has 2 nitrogen and oxygen atoms in total. The van der Waals surface area contributed by atoms with Crippen molar-refractivity contribution in [3.05, 3.63) is 65.2 Å². The molecular formula is C18H24N2. The average molecular weight is 268 g/mol. The summed E-state index contributed by atoms with van der Waals surface area (Å²) in [4.78, 5) is 2.42. The molecule has 0 atom stereocenters. The summed E-state index contributed by atoms with van der Waals surface area (Å²) in [7, 11) is 0. The molecule has 0 aliphatic rings. The molecule has 0 saturated heterocycles. The lowest BCUT2D eigenvalue weighted by Gasteiger charge is -2.24. The normalized spacial score (nSPS) is 10.6. The van der Waals surface area contributed by atoms with Crippen molar-refractivity contribution in [2.45, 2.75) is 26.8 Å². The first-order chi connectivity index (χ1) is 9.74. The van der Waals surface area contributed by atoms with Crippen LogP contribution in [0.1, 0.15) is 23.6 Å². The Labute approximate surface area is 122 Å². The molecule has 0 amide bonds. The Morgan fingerprint density at radius 2 is 1.75 bits per heavy atom. The van der Waals surface area contributed by atoms with E-state index in [1.54, 1.807) is 0 Å². The van der Waals surface area contributed by atoms with Gasteiger partial charge in [0.15, 0.2) is 0 Å². The van der Waals surface area contributed by atoms with Crippen molar-refractivity contribution in [3.8, 4) is 0 Å². The summed E-state index contributed by atoms with van der Waals surface area (Å²) in [6, 6.07) is 17.2. The molecule has 0 radical (unpaired) electrons. The van der Waals surface area contributed by atoms with Crippen LogP contribution >= 0.6 is 0 Å². The van der Waals surface area contributed by atoms with E-state index in [0.717, 1.165) is 19.5 Å². The molecule has 0 aromatic heterocycles. The van der Waals surface area contributed by atoms with E-state index in [-0.39, 0.29) is 0 Å². The van der Waals surface area contributed by atoms with Gasteiger partial charge in [-0.15, -0.1) is 0 Å². The summed E-state index contributed by atoms with van der Waals surface area (Å²) in [5, 5.41) is 0. The molecule has 2 aromatic carbocycles. The van der Waals surface area contributed by atoms with Crippen LogP contribution in [0.3, 0.4) is 0 Å². The van der Waals surface area contributed by atoms with Gasteiger partial charge in [0, 0.05) is 25.3 Å². The maximum atomic E-state index is 5.81. The van der Waals surface area contributed by atoms with Crippen LogP contribution in [0.5, 0.6) is 0 Å². The summed E-state index contributed by atoms with van der Waals surface area (Å²) in [6.45, 7) is 7.01. The van der Waals surface area contributed by atoms with Crippen LogP contribution in [0, 0.1) is 6.92 Å². The number of nitrogens with two attached hydrogens (primary N) is 1. The number of nitrogens with zero attached hydrogens (tertiary/aromatic N) is 1. The van der Waals surface area contributed by atoms with Crippen LogP contribution < -0.4 is 10.6 Å². The molecule has 0 spiro atoms. The minimum atomic E-state index is 0.618. The Balaban J connectivity index is 2.08. The zero-order valence-corrected chi connectivity index (χ0v) is 12.5. The smallest absolute Gasteiger partial charge is 0.0368 e. The molecule has 2 N–H and O–H groups in total. The number of anilines is 1. The number of hydrogen-bond donors (Lipinski definition) is 1. The lowest BCUT2D eigenvalue weighted by Crippen LogP contribution is -2.25.